The lowest BCUT2D eigenvalue weighted by molar-refractivity contribution is -0.143. The highest BCUT2D eigenvalue weighted by Gasteiger charge is 2.33. The molecule has 1 atom stereocenters. The first-order valence-corrected chi connectivity index (χ1v) is 9.10. The second kappa shape index (κ2) is 5.84. The first-order chi connectivity index (χ1) is 10.6. The second-order valence-corrected chi connectivity index (χ2v) is 7.78. The number of carbonyl (C=O) groups excluding carboxylic acids is 1. The van der Waals surface area contributed by atoms with Crippen LogP contribution in [0.1, 0.15) is 36.2 Å². The quantitative estimate of drug-likeness (QED) is 0.832. The number of rotatable bonds is 5. The lowest BCUT2D eigenvalue weighted by Gasteiger charge is -2.24. The Morgan fingerprint density at radius 3 is 2.57 bits per heavy atom. The van der Waals surface area contributed by atoms with Crippen LogP contribution in [0.2, 0.25) is 0 Å². The van der Waals surface area contributed by atoms with Gasteiger partial charge in [0.1, 0.15) is 5.54 Å². The van der Waals surface area contributed by atoms with E-state index in [9.17, 15) is 23.1 Å². The molecular weight excluding hydrogens is 320 g/mol. The van der Waals surface area contributed by atoms with Gasteiger partial charge in [-0.15, -0.1) is 0 Å². The monoisotopic (exact) mass is 340 g/mol. The zero-order chi connectivity index (χ0) is 17.4. The number of fused-ring (bicyclic) bond motifs is 1. The number of hydrogen-bond donors (Lipinski definition) is 2. The third-order valence-electron chi connectivity index (χ3n) is 4.16. The molecule has 7 nitrogen and oxygen atoms in total. The molecule has 23 heavy (non-hydrogen) atoms. The van der Waals surface area contributed by atoms with Gasteiger partial charge in [0.05, 0.1) is 11.9 Å². The summed E-state index contributed by atoms with van der Waals surface area (Å²) in [6.45, 7) is 3.48. The number of nitrogens with zero attached hydrogens (tertiary/aromatic N) is 1. The van der Waals surface area contributed by atoms with Crippen LogP contribution in [0.3, 0.4) is 0 Å². The Morgan fingerprint density at radius 2 is 2.04 bits per heavy atom. The smallest absolute Gasteiger partial charge is 0.329 e. The summed E-state index contributed by atoms with van der Waals surface area (Å²) >= 11 is 0. The van der Waals surface area contributed by atoms with Crippen molar-refractivity contribution in [3.8, 4) is 0 Å². The van der Waals surface area contributed by atoms with Gasteiger partial charge in [0.25, 0.3) is 5.91 Å². The minimum Gasteiger partial charge on any atom is -0.480 e. The van der Waals surface area contributed by atoms with Gasteiger partial charge in [-0.1, -0.05) is 6.92 Å². The number of hydrogen-bond acceptors (Lipinski definition) is 4. The molecule has 0 aromatic heterocycles. The first kappa shape index (κ1) is 17.3. The maximum absolute atomic E-state index is 12.3. The molecule has 1 aromatic rings. The fourth-order valence-corrected chi connectivity index (χ4v) is 3.43. The summed E-state index contributed by atoms with van der Waals surface area (Å²) < 4.78 is 24.7. The van der Waals surface area contributed by atoms with Crippen molar-refractivity contribution in [1.82, 2.24) is 5.32 Å². The molecule has 0 radical (unpaired) electrons. The predicted molar refractivity (Wildman–Crippen MR) is 86.1 cm³/mol. The molecule has 1 aliphatic heterocycles. The molecule has 1 unspecified atom stereocenters. The summed E-state index contributed by atoms with van der Waals surface area (Å²) in [4.78, 5) is 23.6. The minimum atomic E-state index is -3.34. The van der Waals surface area contributed by atoms with E-state index >= 15 is 0 Å². The van der Waals surface area contributed by atoms with E-state index in [1.807, 2.05) is 0 Å². The van der Waals surface area contributed by atoms with Gasteiger partial charge in [0.2, 0.25) is 10.0 Å². The number of aliphatic carboxylic acids is 1. The number of sulfonamides is 1. The van der Waals surface area contributed by atoms with E-state index in [1.165, 1.54) is 17.3 Å². The molecule has 126 valence electrons. The van der Waals surface area contributed by atoms with Gasteiger partial charge in [-0.05, 0) is 43.5 Å². The lowest BCUT2D eigenvalue weighted by Crippen LogP contribution is -2.51. The van der Waals surface area contributed by atoms with Crippen LogP contribution in [0.5, 0.6) is 0 Å². The summed E-state index contributed by atoms with van der Waals surface area (Å²) in [5.74, 6) is -1.59. The zero-order valence-electron chi connectivity index (χ0n) is 13.3. The fraction of sp³-hybridized carbons (Fsp3) is 0.467. The summed E-state index contributed by atoms with van der Waals surface area (Å²) in [6, 6.07) is 4.71. The number of nitrogens with one attached hydrogen (secondary N) is 1. The fourth-order valence-electron chi connectivity index (χ4n) is 2.47. The van der Waals surface area contributed by atoms with Crippen LogP contribution >= 0.6 is 0 Å². The molecule has 0 aliphatic carbocycles. The van der Waals surface area contributed by atoms with Crippen LogP contribution in [0.4, 0.5) is 5.69 Å². The van der Waals surface area contributed by atoms with E-state index in [4.69, 9.17) is 0 Å². The van der Waals surface area contributed by atoms with Crippen LogP contribution in [-0.4, -0.2) is 43.7 Å². The maximum atomic E-state index is 12.3. The Morgan fingerprint density at radius 1 is 1.39 bits per heavy atom. The Hall–Kier alpha value is -2.09. The highest BCUT2D eigenvalue weighted by Crippen LogP contribution is 2.30. The van der Waals surface area contributed by atoms with E-state index in [2.05, 4.69) is 5.32 Å². The van der Waals surface area contributed by atoms with Crippen molar-refractivity contribution in [3.05, 3.63) is 29.3 Å². The average Bonchev–Trinajstić information content (AvgIpc) is 2.89. The second-order valence-electron chi connectivity index (χ2n) is 5.87. The number of carboxylic acid groups (broad SMARTS) is 1. The van der Waals surface area contributed by atoms with Gasteiger partial charge >= 0.3 is 5.97 Å². The van der Waals surface area contributed by atoms with Crippen LogP contribution in [0, 0.1) is 0 Å². The molecule has 0 saturated carbocycles. The molecule has 0 fully saturated rings. The molecule has 1 heterocycles. The minimum absolute atomic E-state index is 0.251. The van der Waals surface area contributed by atoms with Gasteiger partial charge < -0.3 is 10.4 Å². The first-order valence-electron chi connectivity index (χ1n) is 7.25. The van der Waals surface area contributed by atoms with Gasteiger partial charge in [0, 0.05) is 12.1 Å². The van der Waals surface area contributed by atoms with E-state index in [-0.39, 0.29) is 6.42 Å². The van der Waals surface area contributed by atoms with Crippen molar-refractivity contribution in [1.29, 1.82) is 0 Å². The molecular formula is C15H20N2O5S. The van der Waals surface area contributed by atoms with Crippen molar-refractivity contribution >= 4 is 27.6 Å². The summed E-state index contributed by atoms with van der Waals surface area (Å²) in [5.41, 5.74) is 0.312. The van der Waals surface area contributed by atoms with Gasteiger partial charge in [-0.2, -0.15) is 0 Å². The highest BCUT2D eigenvalue weighted by molar-refractivity contribution is 7.92. The number of amides is 1. The van der Waals surface area contributed by atoms with E-state index in [1.54, 1.807) is 19.1 Å². The normalized spacial score (nSPS) is 16.6. The Bertz CT molecular complexity index is 759. The number of anilines is 1. The zero-order valence-corrected chi connectivity index (χ0v) is 14.1. The molecule has 1 aromatic carbocycles. The molecule has 0 saturated heterocycles. The van der Waals surface area contributed by atoms with Crippen LogP contribution in [0.15, 0.2) is 18.2 Å². The van der Waals surface area contributed by atoms with Crippen molar-refractivity contribution in [2.24, 2.45) is 0 Å². The van der Waals surface area contributed by atoms with Crippen molar-refractivity contribution in [3.63, 3.8) is 0 Å². The molecule has 1 aliphatic rings. The Kier molecular flexibility index (Phi) is 4.39. The van der Waals surface area contributed by atoms with Gasteiger partial charge in [-0.25, -0.2) is 13.2 Å². The molecule has 8 heteroatoms. The highest BCUT2D eigenvalue weighted by atomic mass is 32.2. The van der Waals surface area contributed by atoms with Crippen molar-refractivity contribution in [2.45, 2.75) is 32.2 Å². The third-order valence-corrected chi connectivity index (χ3v) is 5.34. The number of benzene rings is 1. The summed E-state index contributed by atoms with van der Waals surface area (Å²) in [6.07, 6.45) is 1.91. The lowest BCUT2D eigenvalue weighted by atomic mass is 9.98. The Balaban J connectivity index is 2.27. The number of carbonyl (C=O) groups is 2. The van der Waals surface area contributed by atoms with E-state index in [0.717, 1.165) is 11.8 Å². The van der Waals surface area contributed by atoms with Crippen LogP contribution < -0.4 is 9.62 Å². The van der Waals surface area contributed by atoms with E-state index < -0.39 is 27.4 Å². The van der Waals surface area contributed by atoms with Crippen LogP contribution in [0.25, 0.3) is 0 Å². The maximum Gasteiger partial charge on any atom is 0.329 e. The summed E-state index contributed by atoms with van der Waals surface area (Å²) in [7, 11) is -3.34. The van der Waals surface area contributed by atoms with E-state index in [0.29, 0.717) is 24.2 Å². The predicted octanol–water partition coefficient (Wildman–Crippen LogP) is 0.992. The van der Waals surface area contributed by atoms with Crippen molar-refractivity contribution < 1.29 is 23.1 Å². The average molecular weight is 340 g/mol. The summed E-state index contributed by atoms with van der Waals surface area (Å²) in [5, 5.41) is 11.7. The molecule has 2 rings (SSSR count). The topological polar surface area (TPSA) is 104 Å². The Labute approximate surface area is 135 Å². The molecule has 1 amide bonds. The SMILES string of the molecule is CCC(C)(NC(=O)c1ccc2c(c1)CCN2S(C)(=O)=O)C(=O)O. The van der Waals surface area contributed by atoms with Crippen LogP contribution in [-0.2, 0) is 21.2 Å². The molecule has 0 spiro atoms. The standard InChI is InChI=1S/C15H20N2O5S/c1-4-15(2,14(19)20)16-13(18)11-5-6-12-10(9-11)7-8-17(12)23(3,21)22/h5-6,9H,4,7-8H2,1-3H3,(H,16,18)(H,19,20). The molecule has 2 N–H and O–H groups in total. The van der Waals surface area contributed by atoms with Gasteiger partial charge in [0.15, 0.2) is 0 Å². The number of carboxylic acids is 1. The largest absolute Gasteiger partial charge is 0.480 e. The third kappa shape index (κ3) is 3.31. The van der Waals surface area contributed by atoms with Crippen molar-refractivity contribution in [2.75, 3.05) is 17.1 Å². The molecule has 0 bridgehead atoms. The van der Waals surface area contributed by atoms with Gasteiger partial charge in [-0.3, -0.25) is 9.10 Å².